The van der Waals surface area contributed by atoms with Crippen molar-refractivity contribution in [1.82, 2.24) is 14.5 Å². The second-order valence-electron chi connectivity index (χ2n) is 6.65. The number of alkyl halides is 3. The highest BCUT2D eigenvalue weighted by Gasteiger charge is 2.30. The molecule has 0 unspecified atom stereocenters. The molecule has 0 aliphatic rings. The molecule has 0 saturated carbocycles. The average Bonchev–Trinajstić information content (AvgIpc) is 3.09. The number of hydrogen-bond donors (Lipinski definition) is 1. The average molecular weight is 399 g/mol. The Bertz CT molecular complexity index is 1260. The van der Waals surface area contributed by atoms with E-state index < -0.39 is 11.7 Å². The highest BCUT2D eigenvalue weighted by Crippen LogP contribution is 2.33. The maximum absolute atomic E-state index is 12.7. The quantitative estimate of drug-likeness (QED) is 0.525. The zero-order chi connectivity index (χ0) is 20.8. The summed E-state index contributed by atoms with van der Waals surface area (Å²) < 4.78 is 45.4. The normalized spacial score (nSPS) is 11.8. The van der Waals surface area contributed by atoms with Gasteiger partial charge in [0.2, 0.25) is 0 Å². The van der Waals surface area contributed by atoms with E-state index in [0.29, 0.717) is 22.7 Å². The van der Waals surface area contributed by atoms with Gasteiger partial charge in [0.25, 0.3) is 5.56 Å². The monoisotopic (exact) mass is 399 g/mol. The molecule has 148 valence electrons. The van der Waals surface area contributed by atoms with Crippen LogP contribution in [0.15, 0.2) is 59.5 Å². The van der Waals surface area contributed by atoms with Crippen LogP contribution in [0.4, 0.5) is 13.2 Å². The van der Waals surface area contributed by atoms with Gasteiger partial charge in [0.1, 0.15) is 11.5 Å². The molecule has 29 heavy (non-hydrogen) atoms. The number of aryl methyl sites for hydroxylation is 2. The van der Waals surface area contributed by atoms with E-state index in [1.54, 1.807) is 38.4 Å². The van der Waals surface area contributed by atoms with E-state index >= 15 is 0 Å². The first-order valence-corrected chi connectivity index (χ1v) is 8.74. The van der Waals surface area contributed by atoms with Crippen LogP contribution in [-0.4, -0.2) is 14.5 Å². The Morgan fingerprint density at radius 3 is 2.45 bits per heavy atom. The molecule has 4 aromatic rings. The minimum atomic E-state index is -4.40. The number of benzene rings is 1. The predicted octanol–water partition coefficient (Wildman–Crippen LogP) is 5.05. The van der Waals surface area contributed by atoms with E-state index in [4.69, 9.17) is 4.74 Å². The summed E-state index contributed by atoms with van der Waals surface area (Å²) in [5.74, 6) is 0.711. The molecule has 1 aromatic carbocycles. The zero-order valence-electron chi connectivity index (χ0n) is 15.5. The third-order valence-electron chi connectivity index (χ3n) is 4.56. The number of aromatic amines is 1. The molecule has 0 radical (unpaired) electrons. The number of H-pyrrole nitrogens is 1. The van der Waals surface area contributed by atoms with Crippen molar-refractivity contribution >= 4 is 11.0 Å². The largest absolute Gasteiger partial charge is 0.457 e. The highest BCUT2D eigenvalue weighted by molar-refractivity contribution is 5.91. The second-order valence-corrected chi connectivity index (χ2v) is 6.65. The van der Waals surface area contributed by atoms with Crippen molar-refractivity contribution in [2.24, 2.45) is 7.05 Å². The molecular formula is C21H16F3N3O2. The fraction of sp³-hybridized carbons (Fsp3) is 0.143. The van der Waals surface area contributed by atoms with Crippen LogP contribution < -0.4 is 10.3 Å². The fourth-order valence-electron chi connectivity index (χ4n) is 3.17. The lowest BCUT2D eigenvalue weighted by Gasteiger charge is -2.11. The standard InChI is InChI=1S/C21H16F3N3O2/c1-12-9-15(29-14-5-3-13(4-6-14)21(22,23)24)10-18(26-12)16-11-25-17-7-8-19(28)27(2)20(16)17/h3-11,25H,1-2H3. The Morgan fingerprint density at radius 2 is 1.76 bits per heavy atom. The lowest BCUT2D eigenvalue weighted by Crippen LogP contribution is -2.14. The van der Waals surface area contributed by atoms with E-state index in [1.807, 2.05) is 0 Å². The molecule has 0 bridgehead atoms. The van der Waals surface area contributed by atoms with E-state index in [0.717, 1.165) is 23.2 Å². The van der Waals surface area contributed by atoms with Gasteiger partial charge >= 0.3 is 6.18 Å². The van der Waals surface area contributed by atoms with Crippen molar-refractivity contribution < 1.29 is 17.9 Å². The summed E-state index contributed by atoms with van der Waals surface area (Å²) in [6.07, 6.45) is -2.64. The third kappa shape index (κ3) is 3.61. The first-order valence-electron chi connectivity index (χ1n) is 8.74. The molecule has 5 nitrogen and oxygen atoms in total. The van der Waals surface area contributed by atoms with Gasteiger partial charge in [0.15, 0.2) is 0 Å². The Hall–Kier alpha value is -3.55. The van der Waals surface area contributed by atoms with Crippen LogP contribution in [0.3, 0.4) is 0 Å². The van der Waals surface area contributed by atoms with Gasteiger partial charge in [-0.05, 0) is 37.3 Å². The SMILES string of the molecule is Cc1cc(Oc2ccc(C(F)(F)F)cc2)cc(-c2c[nH]c3ccc(=O)n(C)c23)n1. The van der Waals surface area contributed by atoms with Gasteiger partial charge in [-0.15, -0.1) is 0 Å². The van der Waals surface area contributed by atoms with Crippen molar-refractivity contribution in [3.05, 3.63) is 76.3 Å². The third-order valence-corrected chi connectivity index (χ3v) is 4.56. The van der Waals surface area contributed by atoms with Crippen LogP contribution in [0.25, 0.3) is 22.3 Å². The van der Waals surface area contributed by atoms with Crippen molar-refractivity contribution in [2.75, 3.05) is 0 Å². The fourth-order valence-corrected chi connectivity index (χ4v) is 3.17. The Kier molecular flexibility index (Phi) is 4.41. The zero-order valence-corrected chi connectivity index (χ0v) is 15.5. The molecule has 0 fully saturated rings. The van der Waals surface area contributed by atoms with E-state index in [1.165, 1.54) is 22.8 Å². The number of fused-ring (bicyclic) bond motifs is 1. The van der Waals surface area contributed by atoms with Crippen LogP contribution in [-0.2, 0) is 13.2 Å². The van der Waals surface area contributed by atoms with Crippen LogP contribution in [0.2, 0.25) is 0 Å². The summed E-state index contributed by atoms with van der Waals surface area (Å²) in [6, 6.07) is 11.0. The Balaban J connectivity index is 1.72. The first kappa shape index (κ1) is 18.8. The molecule has 3 heterocycles. The molecule has 0 aliphatic carbocycles. The van der Waals surface area contributed by atoms with Crippen molar-refractivity contribution in [3.8, 4) is 22.8 Å². The first-order chi connectivity index (χ1) is 13.7. The van der Waals surface area contributed by atoms with Gasteiger partial charge < -0.3 is 14.3 Å². The molecule has 1 N–H and O–H groups in total. The summed E-state index contributed by atoms with van der Waals surface area (Å²) in [4.78, 5) is 19.6. The number of halogens is 3. The second kappa shape index (κ2) is 6.80. The predicted molar refractivity (Wildman–Crippen MR) is 103 cm³/mol. The van der Waals surface area contributed by atoms with E-state index in [-0.39, 0.29) is 11.3 Å². The minimum Gasteiger partial charge on any atom is -0.457 e. The maximum atomic E-state index is 12.7. The molecule has 0 atom stereocenters. The Labute approximate surface area is 163 Å². The van der Waals surface area contributed by atoms with Gasteiger partial charge in [0, 0.05) is 42.7 Å². The van der Waals surface area contributed by atoms with Crippen LogP contribution >= 0.6 is 0 Å². The van der Waals surface area contributed by atoms with Crippen molar-refractivity contribution in [1.29, 1.82) is 0 Å². The molecular weight excluding hydrogens is 383 g/mol. The van der Waals surface area contributed by atoms with Crippen LogP contribution in [0.1, 0.15) is 11.3 Å². The number of nitrogens with zero attached hydrogens (tertiary/aromatic N) is 2. The van der Waals surface area contributed by atoms with Gasteiger partial charge in [-0.25, -0.2) is 0 Å². The lowest BCUT2D eigenvalue weighted by atomic mass is 10.1. The number of rotatable bonds is 3. The van der Waals surface area contributed by atoms with Crippen LogP contribution in [0.5, 0.6) is 11.5 Å². The summed E-state index contributed by atoms with van der Waals surface area (Å²) >= 11 is 0. The lowest BCUT2D eigenvalue weighted by molar-refractivity contribution is -0.137. The van der Waals surface area contributed by atoms with Gasteiger partial charge in [-0.3, -0.25) is 9.78 Å². The van der Waals surface area contributed by atoms with E-state index in [2.05, 4.69) is 9.97 Å². The van der Waals surface area contributed by atoms with Crippen LogP contribution in [0, 0.1) is 6.92 Å². The maximum Gasteiger partial charge on any atom is 0.416 e. The molecule has 0 spiro atoms. The van der Waals surface area contributed by atoms with Gasteiger partial charge in [-0.1, -0.05) is 0 Å². The molecule has 4 rings (SSSR count). The summed E-state index contributed by atoms with van der Waals surface area (Å²) in [5, 5.41) is 0. The molecule has 8 heteroatoms. The minimum absolute atomic E-state index is 0.146. The number of ether oxygens (including phenoxy) is 1. The van der Waals surface area contributed by atoms with E-state index in [9.17, 15) is 18.0 Å². The van der Waals surface area contributed by atoms with Gasteiger partial charge in [0.05, 0.1) is 22.3 Å². The summed E-state index contributed by atoms with van der Waals surface area (Å²) in [6.45, 7) is 1.79. The topological polar surface area (TPSA) is 59.9 Å². The molecule has 0 amide bonds. The Morgan fingerprint density at radius 1 is 1.03 bits per heavy atom. The highest BCUT2D eigenvalue weighted by atomic mass is 19.4. The van der Waals surface area contributed by atoms with Crippen molar-refractivity contribution in [2.45, 2.75) is 13.1 Å². The number of aromatic nitrogens is 3. The molecule has 3 aromatic heterocycles. The molecule has 0 saturated heterocycles. The number of nitrogens with one attached hydrogen (secondary N) is 1. The smallest absolute Gasteiger partial charge is 0.416 e. The van der Waals surface area contributed by atoms with Gasteiger partial charge in [-0.2, -0.15) is 13.2 Å². The number of pyridine rings is 2. The molecule has 0 aliphatic heterocycles. The summed E-state index contributed by atoms with van der Waals surface area (Å²) in [5.41, 5.74) is 2.58. The number of hydrogen-bond acceptors (Lipinski definition) is 3. The summed E-state index contributed by atoms with van der Waals surface area (Å²) in [7, 11) is 1.68. The van der Waals surface area contributed by atoms with Crippen molar-refractivity contribution in [3.63, 3.8) is 0 Å².